The molecule has 1 fully saturated rings. The van der Waals surface area contributed by atoms with E-state index in [-0.39, 0.29) is 41.5 Å². The number of aromatic nitrogens is 2. The summed E-state index contributed by atoms with van der Waals surface area (Å²) in [4.78, 5) is 25.7. The number of hydrogen-bond acceptors (Lipinski definition) is 8. The Morgan fingerprint density at radius 2 is 2.11 bits per heavy atom. The first kappa shape index (κ1) is 24.3. The Morgan fingerprint density at radius 3 is 2.92 bits per heavy atom. The van der Waals surface area contributed by atoms with Gasteiger partial charge in [0.2, 0.25) is 11.9 Å². The summed E-state index contributed by atoms with van der Waals surface area (Å²) < 4.78 is 20.6. The normalized spacial score (nSPS) is 24.0. The molecule has 0 radical (unpaired) electrons. The number of amides is 1. The fraction of sp³-hybridized carbons (Fsp3) is 0.500. The number of anilines is 4. The van der Waals surface area contributed by atoms with E-state index in [0.29, 0.717) is 13.2 Å². The summed E-state index contributed by atoms with van der Waals surface area (Å²) in [6, 6.07) is 5.67. The zero-order valence-electron chi connectivity index (χ0n) is 21.0. The van der Waals surface area contributed by atoms with Crippen LogP contribution in [0.15, 0.2) is 36.5 Å². The lowest BCUT2D eigenvalue weighted by molar-refractivity contribution is -0.125. The number of nitrogens with zero attached hydrogens (tertiary/aromatic N) is 4. The number of carbonyl (C=O) groups excluding carboxylic acids is 1. The molecule has 2 aromatic rings. The van der Waals surface area contributed by atoms with E-state index in [9.17, 15) is 9.18 Å². The third kappa shape index (κ3) is 4.95. The maximum atomic E-state index is 14.7. The molecule has 1 saturated carbocycles. The number of halogens is 1. The molecule has 0 saturated heterocycles. The largest absolute Gasteiger partial charge is 0.489 e. The lowest BCUT2D eigenvalue weighted by Gasteiger charge is -2.32. The molecule has 1 amide bonds. The van der Waals surface area contributed by atoms with E-state index in [1.54, 1.807) is 0 Å². The first-order valence-electron chi connectivity index (χ1n) is 12.6. The first-order chi connectivity index (χ1) is 17.4. The Bertz CT molecular complexity index is 1140. The van der Waals surface area contributed by atoms with Gasteiger partial charge in [-0.1, -0.05) is 12.2 Å². The molecule has 4 atom stereocenters. The molecule has 9 nitrogen and oxygen atoms in total. The van der Waals surface area contributed by atoms with Gasteiger partial charge in [-0.05, 0) is 51.4 Å². The van der Waals surface area contributed by atoms with Gasteiger partial charge in [0, 0.05) is 37.4 Å². The number of rotatable bonds is 9. The molecule has 2 heterocycles. The van der Waals surface area contributed by atoms with E-state index in [4.69, 9.17) is 4.74 Å². The Labute approximate surface area is 211 Å². The van der Waals surface area contributed by atoms with Crippen molar-refractivity contribution in [3.8, 4) is 5.75 Å². The number of allylic oxidation sites excluding steroid dienone is 1. The van der Waals surface area contributed by atoms with Crippen LogP contribution in [0.2, 0.25) is 0 Å². The van der Waals surface area contributed by atoms with Crippen molar-refractivity contribution in [2.45, 2.75) is 19.4 Å². The van der Waals surface area contributed by atoms with Crippen LogP contribution in [-0.2, 0) is 4.79 Å². The first-order valence-corrected chi connectivity index (χ1v) is 12.6. The van der Waals surface area contributed by atoms with E-state index >= 15 is 0 Å². The van der Waals surface area contributed by atoms with Gasteiger partial charge in [-0.15, -0.1) is 0 Å². The quantitative estimate of drug-likeness (QED) is 0.458. The Kier molecular flexibility index (Phi) is 6.95. The van der Waals surface area contributed by atoms with Crippen molar-refractivity contribution in [3.63, 3.8) is 0 Å². The van der Waals surface area contributed by atoms with Crippen LogP contribution in [0.25, 0.3) is 0 Å². The minimum Gasteiger partial charge on any atom is -0.489 e. The maximum Gasteiger partial charge on any atom is 0.229 e. The molecule has 3 N–H and O–H groups in total. The highest BCUT2D eigenvalue weighted by Gasteiger charge is 2.48. The molecule has 0 spiro atoms. The minimum atomic E-state index is -0.549. The standard InChI is InChI=1S/C26H34FN7O2/c1-4-28-25(35)22-16-5-6-17(13-16)23(22)31-24-19(27)15-29-26(32-24)30-18-7-8-20-21(14-18)36-12-11-34(20)10-9-33(2)3/h5-8,14-17,22-23H,4,9-13H2,1-3H3,(H,28,35)(H2,29,30,31,32). The molecule has 5 rings (SSSR count). The fourth-order valence-electron chi connectivity index (χ4n) is 5.39. The van der Waals surface area contributed by atoms with Gasteiger partial charge in [-0.2, -0.15) is 4.98 Å². The minimum absolute atomic E-state index is 0.00616. The van der Waals surface area contributed by atoms with Gasteiger partial charge in [0.1, 0.15) is 12.4 Å². The van der Waals surface area contributed by atoms with E-state index in [1.165, 1.54) is 0 Å². The third-order valence-corrected chi connectivity index (χ3v) is 7.15. The van der Waals surface area contributed by atoms with Crippen molar-refractivity contribution in [2.24, 2.45) is 17.8 Å². The van der Waals surface area contributed by atoms with Crippen LogP contribution in [-0.4, -0.2) is 73.7 Å². The highest BCUT2D eigenvalue weighted by molar-refractivity contribution is 5.81. The number of hydrogen-bond donors (Lipinski definition) is 3. The average molecular weight is 496 g/mol. The second-order valence-electron chi connectivity index (χ2n) is 9.88. The molecule has 192 valence electrons. The smallest absolute Gasteiger partial charge is 0.229 e. The lowest BCUT2D eigenvalue weighted by Crippen LogP contribution is -2.43. The van der Waals surface area contributed by atoms with E-state index in [2.05, 4.69) is 62.0 Å². The Balaban J connectivity index is 1.31. The molecule has 1 aromatic carbocycles. The van der Waals surface area contributed by atoms with Gasteiger partial charge in [0.15, 0.2) is 11.6 Å². The van der Waals surface area contributed by atoms with Crippen LogP contribution >= 0.6 is 0 Å². The molecule has 36 heavy (non-hydrogen) atoms. The molecule has 3 aliphatic rings. The Hall–Kier alpha value is -3.40. The molecule has 2 bridgehead atoms. The fourth-order valence-corrected chi connectivity index (χ4v) is 5.39. The van der Waals surface area contributed by atoms with E-state index in [0.717, 1.165) is 49.4 Å². The zero-order chi connectivity index (χ0) is 25.2. The third-order valence-electron chi connectivity index (χ3n) is 7.15. The number of carbonyl (C=O) groups is 1. The van der Waals surface area contributed by atoms with Gasteiger partial charge in [-0.3, -0.25) is 4.79 Å². The summed E-state index contributed by atoms with van der Waals surface area (Å²) in [5.74, 6) is 0.684. The van der Waals surface area contributed by atoms with Gasteiger partial charge >= 0.3 is 0 Å². The monoisotopic (exact) mass is 495 g/mol. The second kappa shape index (κ2) is 10.3. The summed E-state index contributed by atoms with van der Waals surface area (Å²) in [6.07, 6.45) is 6.26. The topological polar surface area (TPSA) is 94.6 Å². The number of benzene rings is 1. The van der Waals surface area contributed by atoms with Crippen LogP contribution in [0.1, 0.15) is 13.3 Å². The van der Waals surface area contributed by atoms with Crippen LogP contribution in [0.5, 0.6) is 5.75 Å². The average Bonchev–Trinajstić information content (AvgIpc) is 3.46. The second-order valence-corrected chi connectivity index (χ2v) is 9.88. The molecule has 1 aliphatic heterocycles. The van der Waals surface area contributed by atoms with Crippen molar-refractivity contribution in [1.29, 1.82) is 0 Å². The van der Waals surface area contributed by atoms with E-state index in [1.807, 2.05) is 25.1 Å². The molecule has 4 unspecified atom stereocenters. The van der Waals surface area contributed by atoms with Crippen molar-refractivity contribution >= 4 is 29.0 Å². The summed E-state index contributed by atoms with van der Waals surface area (Å²) in [5.41, 5.74) is 1.81. The predicted molar refractivity (Wildman–Crippen MR) is 138 cm³/mol. The highest BCUT2D eigenvalue weighted by atomic mass is 19.1. The van der Waals surface area contributed by atoms with Crippen molar-refractivity contribution < 1.29 is 13.9 Å². The molecular formula is C26H34FN7O2. The highest BCUT2D eigenvalue weighted by Crippen LogP contribution is 2.45. The molecular weight excluding hydrogens is 461 g/mol. The van der Waals surface area contributed by atoms with E-state index < -0.39 is 5.82 Å². The van der Waals surface area contributed by atoms with Crippen LogP contribution in [0.4, 0.5) is 27.5 Å². The van der Waals surface area contributed by atoms with Gasteiger partial charge in [-0.25, -0.2) is 9.37 Å². The zero-order valence-corrected chi connectivity index (χ0v) is 21.0. The summed E-state index contributed by atoms with van der Waals surface area (Å²) in [6.45, 7) is 5.81. The number of nitrogens with one attached hydrogen (secondary N) is 3. The van der Waals surface area contributed by atoms with Crippen molar-refractivity contribution in [2.75, 3.05) is 62.4 Å². The van der Waals surface area contributed by atoms with Gasteiger partial charge in [0.25, 0.3) is 0 Å². The summed E-state index contributed by atoms with van der Waals surface area (Å²) in [5, 5.41) is 9.31. The van der Waals surface area contributed by atoms with Gasteiger partial charge in [0.05, 0.1) is 24.3 Å². The number of ether oxygens (including phenoxy) is 1. The lowest BCUT2D eigenvalue weighted by atomic mass is 9.88. The van der Waals surface area contributed by atoms with Crippen LogP contribution in [0.3, 0.4) is 0 Å². The SMILES string of the molecule is CCNC(=O)C1C2C=CC(C2)C1Nc1nc(Nc2ccc3c(c2)OCCN3CCN(C)C)ncc1F. The van der Waals surface area contributed by atoms with Crippen LogP contribution < -0.4 is 25.6 Å². The number of fused-ring (bicyclic) bond motifs is 3. The summed E-state index contributed by atoms with van der Waals surface area (Å²) >= 11 is 0. The molecule has 1 aromatic heterocycles. The maximum absolute atomic E-state index is 14.7. The van der Waals surface area contributed by atoms with Gasteiger partial charge < -0.3 is 30.5 Å². The summed E-state index contributed by atoms with van der Waals surface area (Å²) in [7, 11) is 4.13. The predicted octanol–water partition coefficient (Wildman–Crippen LogP) is 2.86. The van der Waals surface area contributed by atoms with Crippen molar-refractivity contribution in [3.05, 3.63) is 42.4 Å². The van der Waals surface area contributed by atoms with Crippen molar-refractivity contribution in [1.82, 2.24) is 20.2 Å². The van der Waals surface area contributed by atoms with Crippen LogP contribution in [0, 0.1) is 23.6 Å². The molecule has 10 heteroatoms. The molecule has 2 aliphatic carbocycles. The Morgan fingerprint density at radius 1 is 1.28 bits per heavy atom. The number of likely N-dealkylation sites (N-methyl/N-ethyl adjacent to an activating group) is 1.